The van der Waals surface area contributed by atoms with Gasteiger partial charge < -0.3 is 5.32 Å². The number of nitrogens with zero attached hydrogens (tertiary/aromatic N) is 1. The Bertz CT molecular complexity index is 659. The molecule has 106 valence electrons. The average Bonchev–Trinajstić information content (AvgIpc) is 2.55. The quantitative estimate of drug-likeness (QED) is 0.536. The highest BCUT2D eigenvalue weighted by molar-refractivity contribution is 6.17. The summed E-state index contributed by atoms with van der Waals surface area (Å²) in [5.41, 5.74) is 2.18. The number of rotatable bonds is 4. The molecule has 0 aliphatic heterocycles. The lowest BCUT2D eigenvalue weighted by atomic mass is 10.1. The molecule has 0 atom stereocenters. The molecule has 0 fully saturated rings. The van der Waals surface area contributed by atoms with Crippen LogP contribution in [0.25, 0.3) is 0 Å². The van der Waals surface area contributed by atoms with Crippen LogP contribution in [0.1, 0.15) is 28.0 Å². The van der Waals surface area contributed by atoms with Gasteiger partial charge in [-0.25, -0.2) is 4.98 Å². The van der Waals surface area contributed by atoms with Crippen molar-refractivity contribution in [2.45, 2.75) is 12.3 Å². The molecule has 0 spiro atoms. The van der Waals surface area contributed by atoms with Crippen LogP contribution >= 0.6 is 11.6 Å². The second kappa shape index (κ2) is 8.08. The predicted molar refractivity (Wildman–Crippen MR) is 84.1 cm³/mol. The molecule has 1 N–H and O–H groups in total. The van der Waals surface area contributed by atoms with Crippen molar-refractivity contribution in [3.63, 3.8) is 0 Å². The second-order valence-corrected chi connectivity index (χ2v) is 4.58. The topological polar surface area (TPSA) is 42.0 Å². The normalized spacial score (nSPS) is 9.57. The molecule has 3 nitrogen and oxygen atoms in total. The van der Waals surface area contributed by atoms with E-state index >= 15 is 0 Å². The first-order valence-corrected chi connectivity index (χ1v) is 7.16. The molecule has 2 rings (SSSR count). The fraction of sp³-hybridized carbons (Fsp3) is 0.176. The first kappa shape index (κ1) is 15.1. The molecule has 0 bridgehead atoms. The van der Waals surface area contributed by atoms with Gasteiger partial charge in [0.1, 0.15) is 5.69 Å². The predicted octanol–water partition coefficient (Wildman–Crippen LogP) is 2.99. The minimum absolute atomic E-state index is 0.120. The SMILES string of the molecule is O=C(NCCC#Cc1ccccn1)c1ccccc1CCl. The third-order valence-corrected chi connectivity index (χ3v) is 3.11. The highest BCUT2D eigenvalue weighted by Gasteiger charge is 2.08. The Labute approximate surface area is 129 Å². The number of hydrogen-bond acceptors (Lipinski definition) is 2. The monoisotopic (exact) mass is 298 g/mol. The van der Waals surface area contributed by atoms with Crippen molar-refractivity contribution in [3.8, 4) is 11.8 Å². The third kappa shape index (κ3) is 4.62. The van der Waals surface area contributed by atoms with Crippen LogP contribution in [0.3, 0.4) is 0 Å². The molecule has 0 unspecified atom stereocenters. The Morgan fingerprint density at radius 1 is 1.19 bits per heavy atom. The molecule has 0 radical (unpaired) electrons. The van der Waals surface area contributed by atoms with Crippen LogP contribution in [0.15, 0.2) is 48.7 Å². The summed E-state index contributed by atoms with van der Waals surface area (Å²) in [4.78, 5) is 16.1. The van der Waals surface area contributed by atoms with E-state index in [0.29, 0.717) is 24.4 Å². The number of amides is 1. The van der Waals surface area contributed by atoms with Crippen molar-refractivity contribution in [2.24, 2.45) is 0 Å². The average molecular weight is 299 g/mol. The summed E-state index contributed by atoms with van der Waals surface area (Å²) in [6.45, 7) is 0.495. The number of carbonyl (C=O) groups excluding carboxylic acids is 1. The molecule has 1 aromatic carbocycles. The summed E-state index contributed by atoms with van der Waals surface area (Å²) in [7, 11) is 0. The summed E-state index contributed by atoms with van der Waals surface area (Å²) in [5.74, 6) is 6.13. The van der Waals surface area contributed by atoms with E-state index < -0.39 is 0 Å². The van der Waals surface area contributed by atoms with E-state index in [4.69, 9.17) is 11.6 Å². The fourth-order valence-corrected chi connectivity index (χ4v) is 2.01. The summed E-state index contributed by atoms with van der Waals surface area (Å²) < 4.78 is 0. The molecule has 4 heteroatoms. The van der Waals surface area contributed by atoms with Crippen LogP contribution < -0.4 is 5.32 Å². The Morgan fingerprint density at radius 2 is 2.00 bits per heavy atom. The molecule has 0 saturated heterocycles. The van der Waals surface area contributed by atoms with Gasteiger partial charge in [-0.05, 0) is 29.7 Å². The Balaban J connectivity index is 1.84. The maximum Gasteiger partial charge on any atom is 0.251 e. The number of alkyl halides is 1. The minimum Gasteiger partial charge on any atom is -0.351 e. The summed E-state index contributed by atoms with van der Waals surface area (Å²) in [6, 6.07) is 12.9. The van der Waals surface area contributed by atoms with E-state index in [1.54, 1.807) is 12.3 Å². The Hall–Kier alpha value is -2.31. The molecule has 0 saturated carbocycles. The molecular weight excluding hydrogens is 284 g/mol. The first-order chi connectivity index (χ1) is 10.3. The lowest BCUT2D eigenvalue weighted by Crippen LogP contribution is -2.25. The number of aromatic nitrogens is 1. The van der Waals surface area contributed by atoms with Crippen molar-refractivity contribution in [1.82, 2.24) is 10.3 Å². The van der Waals surface area contributed by atoms with Gasteiger partial charge in [0.05, 0.1) is 0 Å². The van der Waals surface area contributed by atoms with Crippen molar-refractivity contribution < 1.29 is 4.79 Å². The smallest absolute Gasteiger partial charge is 0.251 e. The number of benzene rings is 1. The van der Waals surface area contributed by atoms with Crippen molar-refractivity contribution in [3.05, 3.63) is 65.5 Å². The van der Waals surface area contributed by atoms with E-state index in [1.807, 2.05) is 36.4 Å². The fourth-order valence-electron chi connectivity index (χ4n) is 1.78. The Kier molecular flexibility index (Phi) is 5.81. The zero-order chi connectivity index (χ0) is 14.9. The van der Waals surface area contributed by atoms with Gasteiger partial charge in [-0.2, -0.15) is 0 Å². The Morgan fingerprint density at radius 3 is 2.76 bits per heavy atom. The van der Waals surface area contributed by atoms with E-state index in [1.165, 1.54) is 0 Å². The molecule has 2 aromatic rings. The maximum absolute atomic E-state index is 12.0. The van der Waals surface area contributed by atoms with Gasteiger partial charge in [-0.15, -0.1) is 11.6 Å². The van der Waals surface area contributed by atoms with E-state index in [0.717, 1.165) is 11.3 Å². The zero-order valence-corrected chi connectivity index (χ0v) is 12.2. The van der Waals surface area contributed by atoms with Crippen molar-refractivity contribution >= 4 is 17.5 Å². The van der Waals surface area contributed by atoms with Crippen LogP contribution in [0.5, 0.6) is 0 Å². The van der Waals surface area contributed by atoms with Gasteiger partial charge >= 0.3 is 0 Å². The minimum atomic E-state index is -0.120. The van der Waals surface area contributed by atoms with E-state index in [9.17, 15) is 4.79 Å². The van der Waals surface area contributed by atoms with Crippen LogP contribution in [-0.4, -0.2) is 17.4 Å². The van der Waals surface area contributed by atoms with Gasteiger partial charge in [0, 0.05) is 30.6 Å². The summed E-state index contributed by atoms with van der Waals surface area (Å²) >= 11 is 5.82. The lowest BCUT2D eigenvalue weighted by molar-refractivity contribution is 0.0954. The van der Waals surface area contributed by atoms with Gasteiger partial charge in [-0.3, -0.25) is 4.79 Å². The highest BCUT2D eigenvalue weighted by Crippen LogP contribution is 2.11. The number of carbonyl (C=O) groups is 1. The second-order valence-electron chi connectivity index (χ2n) is 4.31. The van der Waals surface area contributed by atoms with E-state index in [-0.39, 0.29) is 5.91 Å². The maximum atomic E-state index is 12.0. The highest BCUT2D eigenvalue weighted by atomic mass is 35.5. The van der Waals surface area contributed by atoms with Gasteiger partial charge in [0.25, 0.3) is 5.91 Å². The van der Waals surface area contributed by atoms with Gasteiger partial charge in [0.2, 0.25) is 0 Å². The molecule has 1 heterocycles. The largest absolute Gasteiger partial charge is 0.351 e. The van der Waals surface area contributed by atoms with Gasteiger partial charge in [0.15, 0.2) is 0 Å². The molecular formula is C17H15ClN2O. The van der Waals surface area contributed by atoms with Crippen LogP contribution in [-0.2, 0) is 5.88 Å². The van der Waals surface area contributed by atoms with E-state index in [2.05, 4.69) is 22.1 Å². The number of nitrogens with one attached hydrogen (secondary N) is 1. The molecule has 21 heavy (non-hydrogen) atoms. The summed E-state index contributed by atoms with van der Waals surface area (Å²) in [5, 5.41) is 2.84. The number of halogens is 1. The van der Waals surface area contributed by atoms with Crippen LogP contribution in [0.2, 0.25) is 0 Å². The lowest BCUT2D eigenvalue weighted by Gasteiger charge is -2.06. The third-order valence-electron chi connectivity index (χ3n) is 2.82. The van der Waals surface area contributed by atoms with Gasteiger partial charge in [-0.1, -0.05) is 30.2 Å². The number of hydrogen-bond donors (Lipinski definition) is 1. The van der Waals surface area contributed by atoms with Crippen LogP contribution in [0.4, 0.5) is 0 Å². The zero-order valence-electron chi connectivity index (χ0n) is 11.5. The molecule has 1 amide bonds. The molecule has 1 aromatic heterocycles. The first-order valence-electron chi connectivity index (χ1n) is 6.63. The van der Waals surface area contributed by atoms with Crippen molar-refractivity contribution in [2.75, 3.05) is 6.54 Å². The standard InChI is InChI=1S/C17H15ClN2O/c18-13-14-7-1-2-10-16(14)17(21)20-12-6-4-9-15-8-3-5-11-19-15/h1-3,5,7-8,10-11H,6,12-13H2,(H,20,21). The van der Waals surface area contributed by atoms with Crippen LogP contribution in [0, 0.1) is 11.8 Å². The van der Waals surface area contributed by atoms with Crippen molar-refractivity contribution in [1.29, 1.82) is 0 Å². The molecule has 0 aliphatic carbocycles. The molecule has 0 aliphatic rings. The number of pyridine rings is 1. The summed E-state index contributed by atoms with van der Waals surface area (Å²) in [6.07, 6.45) is 2.28.